The molecule has 2 saturated heterocycles. The molecule has 4 unspecified atom stereocenters. The van der Waals surface area contributed by atoms with E-state index in [1.807, 2.05) is 48.5 Å². The zero-order valence-electron chi connectivity index (χ0n) is 24.8. The Morgan fingerprint density at radius 2 is 1.43 bits per heavy atom. The molecule has 2 aliphatic heterocycles. The van der Waals surface area contributed by atoms with Crippen LogP contribution in [-0.4, -0.2) is 94.1 Å². The molecule has 1 aromatic rings. The van der Waals surface area contributed by atoms with Crippen molar-refractivity contribution in [2.75, 3.05) is 55.0 Å². The summed E-state index contributed by atoms with van der Waals surface area (Å²) < 4.78 is 32.2. The van der Waals surface area contributed by atoms with Crippen molar-refractivity contribution < 1.29 is 48.5 Å². The van der Waals surface area contributed by atoms with E-state index in [1.54, 1.807) is 13.4 Å². The van der Waals surface area contributed by atoms with Crippen LogP contribution >= 0.6 is 11.8 Å². The van der Waals surface area contributed by atoms with Gasteiger partial charge in [0.05, 0.1) is 32.3 Å². The smallest absolute Gasteiger partial charge is 0.229 e. The lowest BCUT2D eigenvalue weighted by atomic mass is 10.00. The van der Waals surface area contributed by atoms with Gasteiger partial charge < -0.3 is 43.7 Å². The molecule has 3 rings (SSSR count). The third kappa shape index (κ3) is 10.6. The number of hydrogen-bond acceptors (Lipinski definition) is 11. The van der Waals surface area contributed by atoms with Crippen LogP contribution in [0.1, 0.15) is 56.1 Å². The molecule has 10 nitrogen and oxygen atoms in total. The first-order valence-electron chi connectivity index (χ1n) is 12.2. The van der Waals surface area contributed by atoms with Crippen LogP contribution in [0, 0.1) is 19.8 Å². The van der Waals surface area contributed by atoms with E-state index in [4.69, 9.17) is 33.9 Å². The average molecular weight is 555 g/mol. The second-order valence-electron chi connectivity index (χ2n) is 6.57. The second kappa shape index (κ2) is 23.5. The molecule has 37 heavy (non-hydrogen) atoms. The highest BCUT2D eigenvalue weighted by atomic mass is 32.2. The number of thioether (sulfide) groups is 1. The Balaban J connectivity index is -0.000000835. The Hall–Kier alpha value is -1.60. The van der Waals surface area contributed by atoms with Gasteiger partial charge in [-0.3, -0.25) is 4.79 Å². The van der Waals surface area contributed by atoms with Crippen molar-refractivity contribution in [2.45, 2.75) is 67.2 Å². The summed E-state index contributed by atoms with van der Waals surface area (Å²) >= 11 is 1.10. The quantitative estimate of drug-likeness (QED) is 0.474. The van der Waals surface area contributed by atoms with Crippen LogP contribution in [0.4, 0.5) is 0 Å². The number of methoxy groups -OCH3 is 3. The molecule has 4 atom stereocenters. The van der Waals surface area contributed by atoms with E-state index < -0.39 is 18.7 Å². The number of ether oxygens (including phenoxy) is 6. The lowest BCUT2D eigenvalue weighted by Gasteiger charge is -2.29. The Kier molecular flexibility index (Phi) is 25.4. The molecular formula is C26H50O10S. The van der Waals surface area contributed by atoms with Crippen molar-refractivity contribution in [1.29, 1.82) is 0 Å². The minimum atomic E-state index is -0.865. The largest absolute Gasteiger partial charge is 0.492 e. The summed E-state index contributed by atoms with van der Waals surface area (Å²) in [6, 6.07) is 0. The van der Waals surface area contributed by atoms with Crippen LogP contribution in [0.15, 0.2) is 0 Å². The molecule has 0 amide bonds. The highest BCUT2D eigenvalue weighted by Gasteiger charge is 2.52. The third-order valence-corrected chi connectivity index (χ3v) is 5.60. The highest BCUT2D eigenvalue weighted by Crippen LogP contribution is 2.47. The number of benzene rings is 1. The first kappa shape index (κ1) is 39.9. The van der Waals surface area contributed by atoms with Gasteiger partial charge in [0.15, 0.2) is 17.8 Å². The van der Waals surface area contributed by atoms with Gasteiger partial charge in [-0.05, 0) is 38.2 Å². The number of carbonyl (C=O) groups excluding carboxylic acids is 1. The molecular weight excluding hydrogens is 504 g/mol. The van der Waals surface area contributed by atoms with Crippen LogP contribution in [0.2, 0.25) is 0 Å². The predicted molar refractivity (Wildman–Crippen MR) is 148 cm³/mol. The van der Waals surface area contributed by atoms with E-state index in [-0.39, 0.29) is 11.0 Å². The summed E-state index contributed by atoms with van der Waals surface area (Å²) in [5.41, 5.74) is 1.91. The van der Waals surface area contributed by atoms with E-state index in [2.05, 4.69) is 4.74 Å². The Morgan fingerprint density at radius 1 is 0.946 bits per heavy atom. The Bertz CT molecular complexity index is 728. The third-order valence-electron chi connectivity index (χ3n) is 5.03. The topological polar surface area (TPSA) is 133 Å². The van der Waals surface area contributed by atoms with Crippen molar-refractivity contribution in [3.05, 3.63) is 16.7 Å². The number of carbonyl (C=O) groups is 1. The van der Waals surface area contributed by atoms with E-state index in [9.17, 15) is 9.90 Å². The zero-order valence-corrected chi connectivity index (χ0v) is 25.6. The first-order valence-corrected chi connectivity index (χ1v) is 13.4. The van der Waals surface area contributed by atoms with Gasteiger partial charge in [0, 0.05) is 27.9 Å². The van der Waals surface area contributed by atoms with Crippen molar-refractivity contribution in [1.82, 2.24) is 0 Å². The molecule has 2 heterocycles. The lowest BCUT2D eigenvalue weighted by molar-refractivity contribution is -0.243. The van der Waals surface area contributed by atoms with Gasteiger partial charge in [0.25, 0.3) is 0 Å². The number of rotatable bonds is 6. The molecule has 220 valence electrons. The Morgan fingerprint density at radius 3 is 1.73 bits per heavy atom. The maximum Gasteiger partial charge on any atom is 0.229 e. The highest BCUT2D eigenvalue weighted by molar-refractivity contribution is 8.13. The minimum absolute atomic E-state index is 0.0864. The van der Waals surface area contributed by atoms with Crippen LogP contribution in [0.3, 0.4) is 0 Å². The maximum absolute atomic E-state index is 12.3. The van der Waals surface area contributed by atoms with Gasteiger partial charge in [0.2, 0.25) is 17.2 Å². The second-order valence-corrected chi connectivity index (χ2v) is 7.35. The number of aliphatic hydroxyl groups excluding tert-OH is 3. The van der Waals surface area contributed by atoms with Gasteiger partial charge >= 0.3 is 0 Å². The van der Waals surface area contributed by atoms with E-state index in [1.165, 1.54) is 14.2 Å². The zero-order chi connectivity index (χ0) is 29.7. The summed E-state index contributed by atoms with van der Waals surface area (Å²) in [5, 5.41) is 24.2. The first-order chi connectivity index (χ1) is 17.9. The fraction of sp³-hybridized carbons (Fsp3) is 0.731. The van der Waals surface area contributed by atoms with Gasteiger partial charge in [0.1, 0.15) is 6.10 Å². The maximum atomic E-state index is 12.3. The molecule has 0 spiro atoms. The summed E-state index contributed by atoms with van der Waals surface area (Å²) in [7, 11) is 6.63. The molecule has 3 N–H and O–H groups in total. The van der Waals surface area contributed by atoms with Crippen molar-refractivity contribution in [3.63, 3.8) is 0 Å². The van der Waals surface area contributed by atoms with Crippen molar-refractivity contribution >= 4 is 16.9 Å². The SMILES string of the molecule is CC.CC.CCOC.CO.CO.COc1c(OC2OC3OCC3C2O)c(C)c(C)c(C(=O)SC)c1OC. The molecule has 0 radical (unpaired) electrons. The van der Waals surface area contributed by atoms with E-state index in [0.717, 1.165) is 43.7 Å². The van der Waals surface area contributed by atoms with Gasteiger partial charge in [-0.2, -0.15) is 0 Å². The molecule has 0 aromatic heterocycles. The molecule has 2 fully saturated rings. The van der Waals surface area contributed by atoms with Gasteiger partial charge in [-0.15, -0.1) is 0 Å². The number of fused-ring (bicyclic) bond motifs is 1. The molecule has 11 heteroatoms. The average Bonchev–Trinajstić information content (AvgIpc) is 3.16. The lowest BCUT2D eigenvalue weighted by Crippen LogP contribution is -2.41. The number of aliphatic hydroxyl groups is 3. The van der Waals surface area contributed by atoms with E-state index in [0.29, 0.717) is 29.4 Å². The molecule has 0 aliphatic carbocycles. The standard InChI is InChI=1S/C17H22O7S.C3H8O.2C2H6.2CH4O/c1-7-8(2)12(23-17-11(18)9-6-22-16(9)24-17)14(21-4)13(20-3)10(7)15(19)25-5;1-3-4-2;4*1-2/h9,11,16-18H,6H2,1-5H3;3H2,1-2H3;2*1-2H3;2*2H,1H3. The van der Waals surface area contributed by atoms with Crippen LogP contribution in [-0.2, 0) is 14.2 Å². The molecule has 2 aliphatic rings. The summed E-state index contributed by atoms with van der Waals surface area (Å²) in [6.45, 7) is 14.9. The number of hydrogen-bond donors (Lipinski definition) is 3. The fourth-order valence-corrected chi connectivity index (χ4v) is 3.55. The van der Waals surface area contributed by atoms with Crippen molar-refractivity contribution in [2.24, 2.45) is 5.92 Å². The summed E-state index contributed by atoms with van der Waals surface area (Å²) in [4.78, 5) is 12.3. The predicted octanol–water partition coefficient (Wildman–Crippen LogP) is 3.81. The molecule has 0 saturated carbocycles. The molecule has 1 aromatic carbocycles. The van der Waals surface area contributed by atoms with Crippen LogP contribution < -0.4 is 14.2 Å². The molecule has 0 bridgehead atoms. The van der Waals surface area contributed by atoms with E-state index >= 15 is 0 Å². The van der Waals surface area contributed by atoms with Crippen LogP contribution in [0.25, 0.3) is 0 Å². The van der Waals surface area contributed by atoms with Crippen LogP contribution in [0.5, 0.6) is 17.2 Å². The fourth-order valence-electron chi connectivity index (χ4n) is 3.10. The Labute approximate surface area is 227 Å². The van der Waals surface area contributed by atoms with Gasteiger partial charge in [-0.25, -0.2) is 0 Å². The summed E-state index contributed by atoms with van der Waals surface area (Å²) in [5.74, 6) is 0.919. The minimum Gasteiger partial charge on any atom is -0.492 e. The summed E-state index contributed by atoms with van der Waals surface area (Å²) in [6.07, 6.45) is -0.379. The van der Waals surface area contributed by atoms with Crippen molar-refractivity contribution in [3.8, 4) is 17.2 Å². The van der Waals surface area contributed by atoms with Gasteiger partial charge in [-0.1, -0.05) is 39.5 Å². The normalized spacial score (nSPS) is 20.0. The monoisotopic (exact) mass is 554 g/mol.